The number of allylic oxidation sites excluding steroid dienone is 1. The van der Waals surface area contributed by atoms with Crippen LogP contribution in [0.4, 0.5) is 5.82 Å². The second-order valence-electron chi connectivity index (χ2n) is 7.32. The normalized spacial score (nSPS) is 13.5. The first kappa shape index (κ1) is 20.8. The molecule has 0 unspecified atom stereocenters. The minimum atomic E-state index is -0.148. The Labute approximate surface area is 172 Å². The second kappa shape index (κ2) is 10.6. The van der Waals surface area contributed by atoms with E-state index in [1.807, 2.05) is 24.3 Å². The van der Waals surface area contributed by atoms with Crippen molar-refractivity contribution in [3.63, 3.8) is 0 Å². The van der Waals surface area contributed by atoms with Gasteiger partial charge in [-0.2, -0.15) is 0 Å². The zero-order valence-electron chi connectivity index (χ0n) is 17.3. The number of hydrogen-bond acceptors (Lipinski definition) is 5. The van der Waals surface area contributed by atoms with E-state index >= 15 is 0 Å². The zero-order chi connectivity index (χ0) is 20.5. The number of benzene rings is 1. The smallest absolute Gasteiger partial charge is 0.270 e. The van der Waals surface area contributed by atoms with E-state index < -0.39 is 0 Å². The van der Waals surface area contributed by atoms with Crippen LogP contribution in [0.25, 0.3) is 0 Å². The van der Waals surface area contributed by atoms with Crippen LogP contribution in [-0.4, -0.2) is 36.1 Å². The number of rotatable bonds is 9. The number of nitrogens with one attached hydrogen (secondary N) is 2. The van der Waals surface area contributed by atoms with Gasteiger partial charge in [0.15, 0.2) is 0 Å². The van der Waals surface area contributed by atoms with E-state index in [9.17, 15) is 4.79 Å². The summed E-state index contributed by atoms with van der Waals surface area (Å²) in [6, 6.07) is 9.72. The van der Waals surface area contributed by atoms with Crippen LogP contribution in [0.5, 0.6) is 5.75 Å². The first-order chi connectivity index (χ1) is 14.1. The Morgan fingerprint density at radius 3 is 2.66 bits per heavy atom. The lowest BCUT2D eigenvalue weighted by molar-refractivity contribution is 0.0948. The van der Waals surface area contributed by atoms with E-state index in [0.717, 1.165) is 31.6 Å². The second-order valence-corrected chi connectivity index (χ2v) is 7.32. The fourth-order valence-electron chi connectivity index (χ4n) is 3.46. The van der Waals surface area contributed by atoms with Gasteiger partial charge < -0.3 is 15.4 Å². The number of aryl methyl sites for hydroxylation is 1. The van der Waals surface area contributed by atoms with Gasteiger partial charge >= 0.3 is 0 Å². The molecule has 1 amide bonds. The molecule has 1 aromatic carbocycles. The molecule has 3 rings (SSSR count). The maximum Gasteiger partial charge on any atom is 0.270 e. The summed E-state index contributed by atoms with van der Waals surface area (Å²) in [4.78, 5) is 21.2. The Morgan fingerprint density at radius 1 is 1.10 bits per heavy atom. The van der Waals surface area contributed by atoms with Crippen molar-refractivity contribution in [3.8, 4) is 5.75 Å². The number of amides is 1. The number of carbonyl (C=O) groups is 1. The summed E-state index contributed by atoms with van der Waals surface area (Å²) in [7, 11) is 1.66. The molecule has 2 aromatic rings. The number of ether oxygens (including phenoxy) is 1. The predicted molar refractivity (Wildman–Crippen MR) is 115 cm³/mol. The van der Waals surface area contributed by atoms with Crippen molar-refractivity contribution in [2.24, 2.45) is 0 Å². The first-order valence-corrected chi connectivity index (χ1v) is 10.3. The van der Waals surface area contributed by atoms with Crippen LogP contribution >= 0.6 is 0 Å². The summed E-state index contributed by atoms with van der Waals surface area (Å²) < 4.78 is 5.18. The molecule has 29 heavy (non-hydrogen) atoms. The largest absolute Gasteiger partial charge is 0.497 e. The number of nitrogens with zero attached hydrogens (tertiary/aromatic N) is 2. The molecule has 2 N–H and O–H groups in total. The average molecular weight is 395 g/mol. The third-order valence-electron chi connectivity index (χ3n) is 5.07. The molecule has 0 bridgehead atoms. The van der Waals surface area contributed by atoms with Crippen LogP contribution < -0.4 is 15.4 Å². The molecule has 154 valence electrons. The molecule has 0 fully saturated rings. The van der Waals surface area contributed by atoms with E-state index in [2.05, 4.69) is 26.7 Å². The number of methoxy groups -OCH3 is 1. The van der Waals surface area contributed by atoms with Crippen molar-refractivity contribution >= 4 is 11.7 Å². The quantitative estimate of drug-likeness (QED) is 0.627. The summed E-state index contributed by atoms with van der Waals surface area (Å²) in [6.07, 6.45) is 8.95. The Kier molecular flexibility index (Phi) is 7.61. The van der Waals surface area contributed by atoms with E-state index in [4.69, 9.17) is 4.74 Å². The van der Waals surface area contributed by atoms with Gasteiger partial charge in [-0.25, -0.2) is 9.97 Å². The van der Waals surface area contributed by atoms with Gasteiger partial charge in [-0.3, -0.25) is 4.79 Å². The Hall–Kier alpha value is -2.89. The van der Waals surface area contributed by atoms with Crippen LogP contribution in [0, 0.1) is 6.92 Å². The van der Waals surface area contributed by atoms with Crippen LogP contribution in [0.1, 0.15) is 54.0 Å². The van der Waals surface area contributed by atoms with Crippen molar-refractivity contribution in [1.29, 1.82) is 0 Å². The molecule has 0 saturated carbocycles. The highest BCUT2D eigenvalue weighted by molar-refractivity contribution is 5.92. The van der Waals surface area contributed by atoms with Crippen molar-refractivity contribution < 1.29 is 9.53 Å². The lowest BCUT2D eigenvalue weighted by atomic mass is 9.97. The van der Waals surface area contributed by atoms with Gasteiger partial charge in [0.25, 0.3) is 5.91 Å². The number of hydrogen-bond donors (Lipinski definition) is 2. The molecule has 0 radical (unpaired) electrons. The lowest BCUT2D eigenvalue weighted by Crippen LogP contribution is -2.26. The summed E-state index contributed by atoms with van der Waals surface area (Å²) in [5, 5.41) is 6.28. The molecule has 6 nitrogen and oxygen atoms in total. The molecule has 0 atom stereocenters. The van der Waals surface area contributed by atoms with E-state index in [1.54, 1.807) is 20.1 Å². The van der Waals surface area contributed by atoms with Gasteiger partial charge in [0.2, 0.25) is 0 Å². The number of anilines is 1. The van der Waals surface area contributed by atoms with Crippen molar-refractivity contribution in [3.05, 3.63) is 59.1 Å². The van der Waals surface area contributed by atoms with Gasteiger partial charge in [0.05, 0.1) is 7.11 Å². The highest BCUT2D eigenvalue weighted by atomic mass is 16.5. The number of carbonyl (C=O) groups excluding carboxylic acids is 1. The standard InChI is InChI=1S/C23H30N4O2/c1-17-26-21(23(28)25-15-13-18-6-4-3-5-7-18)16-22(27-17)24-14-12-19-8-10-20(29-2)11-9-19/h6,8-11,16H,3-5,7,12-15H2,1-2H3,(H,25,28)(H,24,26,27). The molecule has 0 aliphatic heterocycles. The van der Waals surface area contributed by atoms with Gasteiger partial charge in [0, 0.05) is 19.2 Å². The fourth-order valence-corrected chi connectivity index (χ4v) is 3.46. The van der Waals surface area contributed by atoms with E-state index in [-0.39, 0.29) is 5.91 Å². The van der Waals surface area contributed by atoms with Crippen molar-refractivity contribution in [1.82, 2.24) is 15.3 Å². The summed E-state index contributed by atoms with van der Waals surface area (Å²) in [6.45, 7) is 3.17. The van der Waals surface area contributed by atoms with E-state index in [1.165, 1.54) is 30.4 Å². The van der Waals surface area contributed by atoms with Crippen LogP contribution in [0.2, 0.25) is 0 Å². The summed E-state index contributed by atoms with van der Waals surface area (Å²) >= 11 is 0. The molecule has 1 aliphatic rings. The lowest BCUT2D eigenvalue weighted by Gasteiger charge is -2.13. The van der Waals surface area contributed by atoms with Crippen LogP contribution in [0.15, 0.2) is 42.0 Å². The zero-order valence-corrected chi connectivity index (χ0v) is 17.3. The first-order valence-electron chi connectivity index (χ1n) is 10.3. The molecular formula is C23H30N4O2. The maximum absolute atomic E-state index is 12.5. The fraction of sp³-hybridized carbons (Fsp3) is 0.435. The van der Waals surface area contributed by atoms with Gasteiger partial charge in [-0.05, 0) is 63.1 Å². The highest BCUT2D eigenvalue weighted by Crippen LogP contribution is 2.19. The average Bonchev–Trinajstić information content (AvgIpc) is 2.74. The van der Waals surface area contributed by atoms with E-state index in [0.29, 0.717) is 23.9 Å². The van der Waals surface area contributed by atoms with Gasteiger partial charge in [-0.15, -0.1) is 0 Å². The predicted octanol–water partition coefficient (Wildman–Crippen LogP) is 4.07. The minimum absolute atomic E-state index is 0.148. The Bertz CT molecular complexity index is 846. The topological polar surface area (TPSA) is 76.1 Å². The van der Waals surface area contributed by atoms with Gasteiger partial charge in [-0.1, -0.05) is 23.8 Å². The molecule has 1 aromatic heterocycles. The van der Waals surface area contributed by atoms with Crippen LogP contribution in [-0.2, 0) is 6.42 Å². The maximum atomic E-state index is 12.5. The third kappa shape index (κ3) is 6.59. The Balaban J connectivity index is 1.50. The van der Waals surface area contributed by atoms with Gasteiger partial charge in [0.1, 0.15) is 23.1 Å². The number of aromatic nitrogens is 2. The summed E-state index contributed by atoms with van der Waals surface area (Å²) in [5.41, 5.74) is 3.07. The molecule has 0 saturated heterocycles. The molecular weight excluding hydrogens is 364 g/mol. The monoisotopic (exact) mass is 394 g/mol. The molecule has 0 spiro atoms. The third-order valence-corrected chi connectivity index (χ3v) is 5.07. The molecule has 1 heterocycles. The van der Waals surface area contributed by atoms with Crippen molar-refractivity contribution in [2.75, 3.05) is 25.5 Å². The summed E-state index contributed by atoms with van der Waals surface area (Å²) in [5.74, 6) is 1.96. The Morgan fingerprint density at radius 2 is 1.93 bits per heavy atom. The SMILES string of the molecule is COc1ccc(CCNc2cc(C(=O)NCCC3=CCCCC3)nc(C)n2)cc1. The van der Waals surface area contributed by atoms with Crippen LogP contribution in [0.3, 0.4) is 0 Å². The molecule has 1 aliphatic carbocycles. The minimum Gasteiger partial charge on any atom is -0.497 e. The van der Waals surface area contributed by atoms with Crippen molar-refractivity contribution in [2.45, 2.75) is 45.4 Å². The highest BCUT2D eigenvalue weighted by Gasteiger charge is 2.11. The molecule has 6 heteroatoms.